The lowest BCUT2D eigenvalue weighted by Crippen LogP contribution is -2.43. The van der Waals surface area contributed by atoms with Gasteiger partial charge >= 0.3 is 0 Å². The molecule has 5 rings (SSSR count). The van der Waals surface area contributed by atoms with Gasteiger partial charge in [-0.1, -0.05) is 42.5 Å². The zero-order valence-corrected chi connectivity index (χ0v) is 20.6. The van der Waals surface area contributed by atoms with Crippen molar-refractivity contribution in [2.75, 3.05) is 43.0 Å². The highest BCUT2D eigenvalue weighted by atomic mass is 32.2. The molecule has 182 valence electrons. The van der Waals surface area contributed by atoms with Gasteiger partial charge in [0.2, 0.25) is 5.91 Å². The first-order chi connectivity index (χ1) is 17.1. The van der Waals surface area contributed by atoms with Gasteiger partial charge in [-0.3, -0.25) is 9.59 Å². The number of rotatable bonds is 6. The Morgan fingerprint density at radius 1 is 0.971 bits per heavy atom. The fraction of sp³-hybridized carbons (Fsp3) is 0.357. The quantitative estimate of drug-likeness (QED) is 0.538. The average Bonchev–Trinajstić information content (AvgIpc) is 3.39. The van der Waals surface area contributed by atoms with E-state index in [4.69, 9.17) is 0 Å². The highest BCUT2D eigenvalue weighted by Gasteiger charge is 2.35. The van der Waals surface area contributed by atoms with Crippen molar-refractivity contribution in [3.63, 3.8) is 0 Å². The van der Waals surface area contributed by atoms with Crippen LogP contribution in [0.2, 0.25) is 0 Å². The summed E-state index contributed by atoms with van der Waals surface area (Å²) in [6.45, 7) is 3.88. The first-order valence-electron chi connectivity index (χ1n) is 12.3. The molecule has 3 aromatic rings. The molecule has 0 aliphatic carbocycles. The molecule has 6 nitrogen and oxygen atoms in total. The second kappa shape index (κ2) is 10.7. The summed E-state index contributed by atoms with van der Waals surface area (Å²) < 4.78 is 0. The number of carbonyl (C=O) groups excluding carboxylic acids is 2. The first-order valence-corrected chi connectivity index (χ1v) is 13.5. The summed E-state index contributed by atoms with van der Waals surface area (Å²) >= 11 is 2.02. The maximum Gasteiger partial charge on any atom is 0.258 e. The number of amides is 2. The number of aromatic hydroxyl groups is 1. The monoisotopic (exact) mass is 489 g/mol. The van der Waals surface area contributed by atoms with Gasteiger partial charge in [-0.05, 0) is 48.4 Å². The minimum atomic E-state index is -0.551. The molecule has 7 heteroatoms. The lowest BCUT2D eigenvalue weighted by Gasteiger charge is -2.26. The van der Waals surface area contributed by atoms with Crippen molar-refractivity contribution in [1.82, 2.24) is 9.80 Å². The summed E-state index contributed by atoms with van der Waals surface area (Å²) in [5.41, 5.74) is 2.23. The number of hydrogen-bond donors (Lipinski definition) is 2. The second-order valence-electron chi connectivity index (χ2n) is 9.23. The fourth-order valence-corrected chi connectivity index (χ4v) is 5.94. The van der Waals surface area contributed by atoms with Crippen LogP contribution >= 0.6 is 11.8 Å². The van der Waals surface area contributed by atoms with Crippen molar-refractivity contribution >= 4 is 40.0 Å². The van der Waals surface area contributed by atoms with E-state index in [1.54, 1.807) is 17.0 Å². The van der Waals surface area contributed by atoms with Crippen molar-refractivity contribution in [3.05, 3.63) is 71.8 Å². The fourth-order valence-electron chi connectivity index (χ4n) is 4.96. The minimum Gasteiger partial charge on any atom is -0.506 e. The van der Waals surface area contributed by atoms with Gasteiger partial charge < -0.3 is 20.2 Å². The van der Waals surface area contributed by atoms with E-state index in [2.05, 4.69) is 22.3 Å². The first kappa shape index (κ1) is 23.7. The Labute approximate surface area is 210 Å². The predicted molar refractivity (Wildman–Crippen MR) is 142 cm³/mol. The molecule has 2 heterocycles. The lowest BCUT2D eigenvalue weighted by molar-refractivity contribution is -0.119. The third-order valence-corrected chi connectivity index (χ3v) is 7.93. The van der Waals surface area contributed by atoms with Crippen LogP contribution in [0.5, 0.6) is 5.75 Å². The van der Waals surface area contributed by atoms with Crippen LogP contribution in [0.3, 0.4) is 0 Å². The molecule has 35 heavy (non-hydrogen) atoms. The third kappa shape index (κ3) is 5.31. The van der Waals surface area contributed by atoms with Crippen molar-refractivity contribution < 1.29 is 14.7 Å². The van der Waals surface area contributed by atoms with Crippen LogP contribution in [0.15, 0.2) is 60.7 Å². The standard InChI is InChI=1S/C28H31N3O3S/c32-26-23-5-2-1-4-21(23)9-12-24(26)28(34)31-14-3-6-25(31)27(33)29-22-10-7-20(8-11-22)13-15-30-16-18-35-19-17-30/h1-2,4-5,7-12,25,32H,3,6,13-19H2,(H,29,33). The van der Waals surface area contributed by atoms with E-state index in [9.17, 15) is 14.7 Å². The lowest BCUT2D eigenvalue weighted by atomic mass is 10.0. The van der Waals surface area contributed by atoms with Gasteiger partial charge in [0.05, 0.1) is 5.56 Å². The van der Waals surface area contributed by atoms with E-state index >= 15 is 0 Å². The second-order valence-corrected chi connectivity index (χ2v) is 10.5. The van der Waals surface area contributed by atoms with Gasteiger partial charge in [-0.2, -0.15) is 11.8 Å². The minimum absolute atomic E-state index is 0.0296. The summed E-state index contributed by atoms with van der Waals surface area (Å²) in [4.78, 5) is 30.5. The molecule has 1 unspecified atom stereocenters. The van der Waals surface area contributed by atoms with Crippen LogP contribution in [-0.2, 0) is 11.2 Å². The maximum atomic E-state index is 13.3. The molecule has 2 N–H and O–H groups in total. The number of benzene rings is 3. The SMILES string of the molecule is O=C(Nc1ccc(CCN2CCSCC2)cc1)C1CCCN1C(=O)c1ccc2ccccc2c1O. The van der Waals surface area contributed by atoms with Crippen LogP contribution in [0.4, 0.5) is 5.69 Å². The normalized spacial score (nSPS) is 18.6. The van der Waals surface area contributed by atoms with Gasteiger partial charge in [-0.25, -0.2) is 0 Å². The van der Waals surface area contributed by atoms with Crippen molar-refractivity contribution in [2.24, 2.45) is 0 Å². The van der Waals surface area contributed by atoms with Gasteiger partial charge in [0.25, 0.3) is 5.91 Å². The number of carbonyl (C=O) groups is 2. The Morgan fingerprint density at radius 2 is 1.74 bits per heavy atom. The van der Waals surface area contributed by atoms with E-state index in [0.29, 0.717) is 18.4 Å². The molecule has 3 aromatic carbocycles. The summed E-state index contributed by atoms with van der Waals surface area (Å²) in [5.74, 6) is 1.91. The number of thioether (sulfide) groups is 1. The predicted octanol–water partition coefficient (Wildman–Crippen LogP) is 4.38. The Bertz CT molecular complexity index is 1210. The Kier molecular flexibility index (Phi) is 7.25. The Morgan fingerprint density at radius 3 is 2.54 bits per heavy atom. The largest absolute Gasteiger partial charge is 0.506 e. The van der Waals surface area contributed by atoms with Crippen LogP contribution in [0.25, 0.3) is 10.8 Å². The van der Waals surface area contributed by atoms with E-state index in [0.717, 1.165) is 43.5 Å². The molecular formula is C28H31N3O3S. The average molecular weight is 490 g/mol. The summed E-state index contributed by atoms with van der Waals surface area (Å²) in [6.07, 6.45) is 2.36. The summed E-state index contributed by atoms with van der Waals surface area (Å²) in [7, 11) is 0. The topological polar surface area (TPSA) is 72.9 Å². The van der Waals surface area contributed by atoms with Gasteiger partial charge in [-0.15, -0.1) is 0 Å². The number of nitrogens with one attached hydrogen (secondary N) is 1. The number of anilines is 1. The molecule has 2 amide bonds. The summed E-state index contributed by atoms with van der Waals surface area (Å²) in [6, 6.07) is 18.4. The van der Waals surface area contributed by atoms with Gasteiger partial charge in [0, 0.05) is 48.8 Å². The number of fused-ring (bicyclic) bond motifs is 1. The highest BCUT2D eigenvalue weighted by Crippen LogP contribution is 2.31. The Balaban J connectivity index is 1.22. The van der Waals surface area contributed by atoms with E-state index in [1.165, 1.54) is 17.1 Å². The van der Waals surface area contributed by atoms with Crippen molar-refractivity contribution in [1.29, 1.82) is 0 Å². The van der Waals surface area contributed by atoms with Gasteiger partial charge in [0.15, 0.2) is 0 Å². The number of likely N-dealkylation sites (tertiary alicyclic amines) is 1. The maximum absolute atomic E-state index is 13.3. The van der Waals surface area contributed by atoms with Crippen LogP contribution in [0.1, 0.15) is 28.8 Å². The number of phenols is 1. The number of nitrogens with zero attached hydrogens (tertiary/aromatic N) is 2. The zero-order chi connectivity index (χ0) is 24.2. The van der Waals surface area contributed by atoms with Crippen LogP contribution in [-0.4, -0.2) is 70.4 Å². The highest BCUT2D eigenvalue weighted by molar-refractivity contribution is 7.99. The van der Waals surface area contributed by atoms with E-state index in [-0.39, 0.29) is 23.1 Å². The molecule has 1 atom stereocenters. The van der Waals surface area contributed by atoms with Gasteiger partial charge in [0.1, 0.15) is 11.8 Å². The molecule has 0 spiro atoms. The summed E-state index contributed by atoms with van der Waals surface area (Å²) in [5, 5.41) is 15.2. The van der Waals surface area contributed by atoms with Crippen molar-refractivity contribution in [3.8, 4) is 5.75 Å². The molecule has 2 fully saturated rings. The van der Waals surface area contributed by atoms with Crippen LogP contribution < -0.4 is 5.32 Å². The molecule has 2 saturated heterocycles. The zero-order valence-electron chi connectivity index (χ0n) is 19.8. The molecule has 2 aliphatic heterocycles. The number of hydrogen-bond acceptors (Lipinski definition) is 5. The molecule has 0 bridgehead atoms. The molecule has 2 aliphatic rings. The van der Waals surface area contributed by atoms with Crippen LogP contribution in [0, 0.1) is 0 Å². The van der Waals surface area contributed by atoms with E-state index in [1.807, 2.05) is 48.2 Å². The third-order valence-electron chi connectivity index (χ3n) is 6.99. The number of phenolic OH excluding ortho intramolecular Hbond substituents is 1. The Hall–Kier alpha value is -3.03. The smallest absolute Gasteiger partial charge is 0.258 e. The molecule has 0 radical (unpaired) electrons. The molecule has 0 saturated carbocycles. The molecule has 0 aromatic heterocycles. The van der Waals surface area contributed by atoms with Crippen molar-refractivity contribution in [2.45, 2.75) is 25.3 Å². The van der Waals surface area contributed by atoms with E-state index < -0.39 is 6.04 Å². The molecular weight excluding hydrogens is 458 g/mol.